The number of benzene rings is 1. The summed E-state index contributed by atoms with van der Waals surface area (Å²) in [6, 6.07) is 9.95. The molecule has 10 nitrogen and oxygen atoms in total. The van der Waals surface area contributed by atoms with E-state index in [9.17, 15) is 9.59 Å². The number of ether oxygens (including phenoxy) is 2. The molecule has 2 bridgehead atoms. The predicted molar refractivity (Wildman–Crippen MR) is 128 cm³/mol. The number of methoxy groups -OCH3 is 2. The van der Waals surface area contributed by atoms with E-state index in [1.54, 1.807) is 47.3 Å². The molecule has 5 rings (SSSR count). The van der Waals surface area contributed by atoms with E-state index in [0.29, 0.717) is 29.6 Å². The highest BCUT2D eigenvalue weighted by Crippen LogP contribution is 2.36. The number of pyridine rings is 1. The predicted octanol–water partition coefficient (Wildman–Crippen LogP) is 2.92. The third-order valence-electron chi connectivity index (χ3n) is 6.30. The van der Waals surface area contributed by atoms with Gasteiger partial charge in [-0.15, -0.1) is 0 Å². The van der Waals surface area contributed by atoms with Crippen LogP contribution in [0.3, 0.4) is 0 Å². The van der Waals surface area contributed by atoms with Crippen molar-refractivity contribution < 1.29 is 14.3 Å². The number of piperidine rings is 1. The minimum atomic E-state index is -0.517. The Labute approximate surface area is 196 Å². The van der Waals surface area contributed by atoms with Crippen LogP contribution in [0.25, 0.3) is 0 Å². The van der Waals surface area contributed by atoms with Crippen molar-refractivity contribution in [3.8, 4) is 11.5 Å². The Hall–Kier alpha value is -4.08. The SMILES string of the molecule is COc1cc(NC(=O)Nc2ccc3n(c2=O)C[C@H]2C[C@@H]3CN(c3ncccn3)C2)cc(OC)c1. The molecule has 1 fully saturated rings. The lowest BCUT2D eigenvalue weighted by Crippen LogP contribution is -2.48. The molecule has 34 heavy (non-hydrogen) atoms. The van der Waals surface area contributed by atoms with Crippen LogP contribution < -0.4 is 30.6 Å². The molecule has 4 heterocycles. The van der Waals surface area contributed by atoms with E-state index in [2.05, 4.69) is 25.5 Å². The number of hydrogen-bond acceptors (Lipinski definition) is 7. The molecule has 176 valence electrons. The second kappa shape index (κ2) is 9.05. The van der Waals surface area contributed by atoms with Crippen molar-refractivity contribution in [2.75, 3.05) is 42.8 Å². The smallest absolute Gasteiger partial charge is 0.323 e. The first-order valence-electron chi connectivity index (χ1n) is 11.1. The molecule has 1 aromatic carbocycles. The van der Waals surface area contributed by atoms with Gasteiger partial charge in [-0.2, -0.15) is 0 Å². The van der Waals surface area contributed by atoms with Crippen LogP contribution in [-0.4, -0.2) is 47.9 Å². The molecule has 0 saturated carbocycles. The monoisotopic (exact) mass is 462 g/mol. The van der Waals surface area contributed by atoms with E-state index in [0.717, 1.165) is 31.2 Å². The van der Waals surface area contributed by atoms with E-state index in [1.807, 2.05) is 6.07 Å². The number of anilines is 3. The van der Waals surface area contributed by atoms with Gasteiger partial charge in [0.15, 0.2) is 0 Å². The molecule has 0 unspecified atom stereocenters. The van der Waals surface area contributed by atoms with Crippen molar-refractivity contribution in [1.29, 1.82) is 0 Å². The number of fused-ring (bicyclic) bond motifs is 4. The largest absolute Gasteiger partial charge is 0.497 e. The highest BCUT2D eigenvalue weighted by atomic mass is 16.5. The number of carbonyl (C=O) groups is 1. The number of aromatic nitrogens is 3. The minimum Gasteiger partial charge on any atom is -0.497 e. The third kappa shape index (κ3) is 4.26. The summed E-state index contributed by atoms with van der Waals surface area (Å²) in [5, 5.41) is 5.42. The van der Waals surface area contributed by atoms with Crippen LogP contribution in [-0.2, 0) is 6.54 Å². The fourth-order valence-corrected chi connectivity index (χ4v) is 4.82. The van der Waals surface area contributed by atoms with E-state index in [4.69, 9.17) is 9.47 Å². The Morgan fingerprint density at radius 2 is 1.74 bits per heavy atom. The molecular weight excluding hydrogens is 436 g/mol. The number of hydrogen-bond donors (Lipinski definition) is 2. The summed E-state index contributed by atoms with van der Waals surface area (Å²) < 4.78 is 12.3. The standard InChI is InChI=1S/C24H26N6O4/c1-33-18-9-17(10-19(11-18)34-2)27-24(32)28-20-4-5-21-16-8-15(13-30(21)22(20)31)12-29(14-16)23-25-6-3-7-26-23/h3-7,9-11,15-16H,8,12-14H2,1-2H3,(H2,27,28,32)/t15-,16+/m0/s1. The fraction of sp³-hybridized carbons (Fsp3) is 0.333. The molecule has 2 atom stereocenters. The van der Waals surface area contributed by atoms with Crippen LogP contribution in [0.2, 0.25) is 0 Å². The second-order valence-electron chi connectivity index (χ2n) is 8.52. The van der Waals surface area contributed by atoms with Gasteiger partial charge in [0, 0.05) is 67.5 Å². The van der Waals surface area contributed by atoms with Crippen molar-refractivity contribution in [1.82, 2.24) is 14.5 Å². The Morgan fingerprint density at radius 1 is 1.00 bits per heavy atom. The maximum absolute atomic E-state index is 13.2. The summed E-state index contributed by atoms with van der Waals surface area (Å²) in [4.78, 5) is 36.8. The highest BCUT2D eigenvalue weighted by Gasteiger charge is 2.35. The lowest BCUT2D eigenvalue weighted by Gasteiger charge is -2.42. The van der Waals surface area contributed by atoms with Crippen molar-refractivity contribution in [2.45, 2.75) is 18.9 Å². The fourth-order valence-electron chi connectivity index (χ4n) is 4.82. The zero-order valence-electron chi connectivity index (χ0n) is 19.0. The number of nitrogens with zero attached hydrogens (tertiary/aromatic N) is 4. The first-order chi connectivity index (χ1) is 16.5. The highest BCUT2D eigenvalue weighted by molar-refractivity contribution is 5.99. The molecule has 2 aliphatic rings. The maximum atomic E-state index is 13.2. The third-order valence-corrected chi connectivity index (χ3v) is 6.30. The average Bonchev–Trinajstić information content (AvgIpc) is 2.86. The second-order valence-corrected chi connectivity index (χ2v) is 8.52. The first-order valence-corrected chi connectivity index (χ1v) is 11.1. The Kier molecular flexibility index (Phi) is 5.79. The molecule has 2 N–H and O–H groups in total. The van der Waals surface area contributed by atoms with Gasteiger partial charge < -0.3 is 29.6 Å². The molecule has 0 spiro atoms. The molecule has 2 aromatic heterocycles. The number of urea groups is 1. The van der Waals surface area contributed by atoms with Gasteiger partial charge in [-0.1, -0.05) is 0 Å². The van der Waals surface area contributed by atoms with Crippen molar-refractivity contribution in [3.63, 3.8) is 0 Å². The molecule has 2 amide bonds. The topological polar surface area (TPSA) is 111 Å². The Balaban J connectivity index is 1.33. The summed E-state index contributed by atoms with van der Waals surface area (Å²) in [7, 11) is 3.07. The first kappa shape index (κ1) is 21.7. The molecule has 3 aromatic rings. The lowest BCUT2D eigenvalue weighted by molar-refractivity contribution is 0.262. The van der Waals surface area contributed by atoms with Gasteiger partial charge in [0.25, 0.3) is 5.56 Å². The molecule has 0 radical (unpaired) electrons. The van der Waals surface area contributed by atoms with Gasteiger partial charge in [-0.3, -0.25) is 4.79 Å². The van der Waals surface area contributed by atoms with E-state index >= 15 is 0 Å². The number of carbonyl (C=O) groups excluding carboxylic acids is 1. The number of amides is 2. The summed E-state index contributed by atoms with van der Waals surface area (Å²) in [5.74, 6) is 2.32. The van der Waals surface area contributed by atoms with E-state index in [1.165, 1.54) is 14.2 Å². The van der Waals surface area contributed by atoms with Crippen LogP contribution in [0.4, 0.5) is 22.1 Å². The molecule has 1 saturated heterocycles. The molecule has 2 aliphatic heterocycles. The van der Waals surface area contributed by atoms with Crippen LogP contribution in [0.15, 0.2) is 53.6 Å². The summed E-state index contributed by atoms with van der Waals surface area (Å²) in [5.41, 5.74) is 1.50. The zero-order chi connectivity index (χ0) is 23.7. The normalized spacial score (nSPS) is 18.6. The summed E-state index contributed by atoms with van der Waals surface area (Å²) in [6.07, 6.45) is 4.51. The van der Waals surface area contributed by atoms with Crippen molar-refractivity contribution in [2.24, 2.45) is 5.92 Å². The maximum Gasteiger partial charge on any atom is 0.323 e. The van der Waals surface area contributed by atoms with Crippen LogP contribution in [0.5, 0.6) is 11.5 Å². The lowest BCUT2D eigenvalue weighted by atomic mass is 9.83. The van der Waals surface area contributed by atoms with Gasteiger partial charge in [0.05, 0.1) is 14.2 Å². The summed E-state index contributed by atoms with van der Waals surface area (Å²) in [6.45, 7) is 2.14. The van der Waals surface area contributed by atoms with Crippen LogP contribution in [0.1, 0.15) is 18.0 Å². The average molecular weight is 463 g/mol. The molecule has 0 aliphatic carbocycles. The number of nitrogens with one attached hydrogen (secondary N) is 2. The number of rotatable bonds is 5. The van der Waals surface area contributed by atoms with Crippen molar-refractivity contribution >= 4 is 23.4 Å². The quantitative estimate of drug-likeness (QED) is 0.600. The van der Waals surface area contributed by atoms with Gasteiger partial charge in [-0.05, 0) is 30.5 Å². The zero-order valence-corrected chi connectivity index (χ0v) is 19.0. The van der Waals surface area contributed by atoms with Crippen LogP contribution >= 0.6 is 0 Å². The van der Waals surface area contributed by atoms with Gasteiger partial charge in [0.1, 0.15) is 17.2 Å². The van der Waals surface area contributed by atoms with Crippen molar-refractivity contribution in [3.05, 3.63) is 64.8 Å². The van der Waals surface area contributed by atoms with Crippen LogP contribution in [0, 0.1) is 5.92 Å². The van der Waals surface area contributed by atoms with E-state index < -0.39 is 6.03 Å². The van der Waals surface area contributed by atoms with Gasteiger partial charge >= 0.3 is 6.03 Å². The molecule has 10 heteroatoms. The Morgan fingerprint density at radius 3 is 2.44 bits per heavy atom. The Bertz CT molecular complexity index is 1240. The molecular formula is C24H26N6O4. The van der Waals surface area contributed by atoms with Gasteiger partial charge in [-0.25, -0.2) is 14.8 Å². The minimum absolute atomic E-state index is 0.199. The summed E-state index contributed by atoms with van der Waals surface area (Å²) >= 11 is 0. The van der Waals surface area contributed by atoms with Gasteiger partial charge in [0.2, 0.25) is 5.95 Å². The van der Waals surface area contributed by atoms with E-state index in [-0.39, 0.29) is 17.2 Å².